The number of carboxylic acids is 2. The minimum atomic E-state index is -1.12. The molecule has 0 aromatic heterocycles. The lowest BCUT2D eigenvalue weighted by Gasteiger charge is -2.10. The number of hydrogen-bond acceptors (Lipinski definition) is 2. The average Bonchev–Trinajstić information content (AvgIpc) is 2.05. The van der Waals surface area contributed by atoms with Gasteiger partial charge in [0.15, 0.2) is 0 Å². The molecule has 5 nitrogen and oxygen atoms in total. The predicted molar refractivity (Wildman–Crippen MR) is 45.2 cm³/mol. The topological polar surface area (TPSA) is 91.2 Å². The van der Waals surface area contributed by atoms with Gasteiger partial charge in [-0.15, -0.1) is 0 Å². The number of aliphatic carboxylic acids is 2. The second-order valence-electron chi connectivity index (χ2n) is 2.39. The summed E-state index contributed by atoms with van der Waals surface area (Å²) in [5.74, 6) is -2.24. The van der Waals surface area contributed by atoms with E-state index in [1.807, 2.05) is 0 Å². The highest BCUT2D eigenvalue weighted by Crippen LogP contribution is 1.81. The fourth-order valence-electron chi connectivity index (χ4n) is 0.747. The Morgan fingerprint density at radius 2 is 1.38 bits per heavy atom. The van der Waals surface area contributed by atoms with Crippen LogP contribution in [0.2, 0.25) is 0 Å². The molecule has 0 saturated heterocycles. The van der Waals surface area contributed by atoms with E-state index in [1.165, 1.54) is 12.2 Å². The molecule has 5 heteroatoms. The van der Waals surface area contributed by atoms with E-state index in [1.54, 1.807) is 0 Å². The van der Waals surface area contributed by atoms with Gasteiger partial charge in [-0.2, -0.15) is 0 Å². The van der Waals surface area contributed by atoms with Crippen molar-refractivity contribution >= 4 is 11.9 Å². The molecule has 0 spiro atoms. The normalized spacial score (nSPS) is 14.2. The zero-order chi connectivity index (χ0) is 10.4. The molecule has 0 aromatic rings. The lowest BCUT2D eigenvalue weighted by molar-refractivity contribution is -0.681. The third kappa shape index (κ3) is 3.53. The van der Waals surface area contributed by atoms with Crippen LogP contribution < -0.4 is 5.32 Å². The van der Waals surface area contributed by atoms with Crippen molar-refractivity contribution in [1.29, 1.82) is 0 Å². The maximum Gasteiger partial charge on any atom is 0.366 e. The summed E-state index contributed by atoms with van der Waals surface area (Å²) >= 11 is 0. The highest BCUT2D eigenvalue weighted by molar-refractivity contribution is 5.76. The molecule has 2 unspecified atom stereocenters. The van der Waals surface area contributed by atoms with Gasteiger partial charge in [-0.25, -0.2) is 9.59 Å². The summed E-state index contributed by atoms with van der Waals surface area (Å²) in [6, 6.07) is -1.92. The van der Waals surface area contributed by atoms with Crippen molar-refractivity contribution in [3.8, 4) is 0 Å². The van der Waals surface area contributed by atoms with Gasteiger partial charge in [-0.3, -0.25) is 0 Å². The van der Waals surface area contributed by atoms with E-state index in [-0.39, 0.29) is 0 Å². The third-order valence-electron chi connectivity index (χ3n) is 1.49. The van der Waals surface area contributed by atoms with Crippen molar-refractivity contribution < 1.29 is 25.1 Å². The van der Waals surface area contributed by atoms with Gasteiger partial charge in [0, 0.05) is 0 Å². The average molecular weight is 186 g/mol. The molecule has 0 fully saturated rings. The molecule has 0 aliphatic rings. The summed E-state index contributed by atoms with van der Waals surface area (Å²) in [7, 11) is 0. The van der Waals surface area contributed by atoms with Crippen molar-refractivity contribution in [2.75, 3.05) is 0 Å². The summed E-state index contributed by atoms with van der Waals surface area (Å²) in [5, 5.41) is 18.3. The highest BCUT2D eigenvalue weighted by atomic mass is 16.4. The standard InChI is InChI=1S/C8H11NO4/c1-3-5(7(10)11)9-6(4-2)8(12)13/h3-6,9H,1-2H2,(H,10,11)(H,12,13)/p+1. The number of carboxylic acid groups (broad SMARTS) is 2. The lowest BCUT2D eigenvalue weighted by Crippen LogP contribution is -2.97. The summed E-state index contributed by atoms with van der Waals surface area (Å²) in [6.45, 7) is 6.58. The van der Waals surface area contributed by atoms with E-state index in [4.69, 9.17) is 10.2 Å². The fraction of sp³-hybridized carbons (Fsp3) is 0.250. The number of carbonyl (C=O) groups is 2. The molecule has 0 amide bonds. The minimum absolute atomic E-state index is 0.959. The van der Waals surface area contributed by atoms with E-state index < -0.39 is 24.0 Å². The first-order chi connectivity index (χ1) is 6.02. The van der Waals surface area contributed by atoms with Gasteiger partial charge in [-0.1, -0.05) is 13.2 Å². The molecule has 0 bridgehead atoms. The summed E-state index contributed by atoms with van der Waals surface area (Å²) in [6.07, 6.45) is 2.34. The van der Waals surface area contributed by atoms with Gasteiger partial charge in [0.05, 0.1) is 0 Å². The second-order valence-corrected chi connectivity index (χ2v) is 2.39. The van der Waals surface area contributed by atoms with Crippen molar-refractivity contribution in [2.45, 2.75) is 12.1 Å². The monoisotopic (exact) mass is 186 g/mol. The molecule has 72 valence electrons. The molecule has 4 N–H and O–H groups in total. The molecule has 0 saturated carbocycles. The molecule has 2 atom stereocenters. The molecular formula is C8H12NO4+. The van der Waals surface area contributed by atoms with Gasteiger partial charge in [0.25, 0.3) is 0 Å². The van der Waals surface area contributed by atoms with Crippen LogP contribution in [0.15, 0.2) is 25.3 Å². The SMILES string of the molecule is C=CC([NH2+]C(C=C)C(=O)O)C(=O)O. The molecular weight excluding hydrogens is 174 g/mol. The first kappa shape index (κ1) is 11.4. The number of rotatable bonds is 6. The first-order valence-electron chi connectivity index (χ1n) is 3.58. The third-order valence-corrected chi connectivity index (χ3v) is 1.49. The van der Waals surface area contributed by atoms with Crippen LogP contribution in [0.1, 0.15) is 0 Å². The van der Waals surface area contributed by atoms with Crippen molar-refractivity contribution in [3.63, 3.8) is 0 Å². The van der Waals surface area contributed by atoms with Crippen LogP contribution in [-0.2, 0) is 9.59 Å². The van der Waals surface area contributed by atoms with Crippen molar-refractivity contribution in [1.82, 2.24) is 0 Å². The molecule has 13 heavy (non-hydrogen) atoms. The maximum absolute atomic E-state index is 10.5. The van der Waals surface area contributed by atoms with E-state index in [2.05, 4.69) is 13.2 Å². The smallest absolute Gasteiger partial charge is 0.366 e. The zero-order valence-electron chi connectivity index (χ0n) is 7.01. The Morgan fingerprint density at radius 1 is 1.08 bits per heavy atom. The molecule has 0 aromatic carbocycles. The lowest BCUT2D eigenvalue weighted by atomic mass is 10.2. The van der Waals surface area contributed by atoms with Gasteiger partial charge in [0.1, 0.15) is 0 Å². The van der Waals surface area contributed by atoms with Gasteiger partial charge in [0.2, 0.25) is 12.1 Å². The zero-order valence-corrected chi connectivity index (χ0v) is 7.01. The molecule has 0 aliphatic carbocycles. The van der Waals surface area contributed by atoms with E-state index in [0.29, 0.717) is 0 Å². The Bertz CT molecular complexity index is 212. The van der Waals surface area contributed by atoms with Gasteiger partial charge < -0.3 is 15.5 Å². The Labute approximate surface area is 75.4 Å². The van der Waals surface area contributed by atoms with Crippen LogP contribution in [0, 0.1) is 0 Å². The maximum atomic E-state index is 10.5. The summed E-state index contributed by atoms with van der Waals surface area (Å²) < 4.78 is 0. The quantitative estimate of drug-likeness (QED) is 0.456. The fourth-order valence-corrected chi connectivity index (χ4v) is 0.747. The number of nitrogens with two attached hydrogens (primary N) is 1. The summed E-state index contributed by atoms with van der Waals surface area (Å²) in [5.41, 5.74) is 0. The van der Waals surface area contributed by atoms with Crippen molar-refractivity contribution in [2.24, 2.45) is 0 Å². The van der Waals surface area contributed by atoms with E-state index in [0.717, 1.165) is 5.32 Å². The molecule has 0 aliphatic heterocycles. The van der Waals surface area contributed by atoms with Crippen LogP contribution in [0.4, 0.5) is 0 Å². The Kier molecular flexibility index (Phi) is 4.47. The predicted octanol–water partition coefficient (Wildman–Crippen LogP) is -1.17. The first-order valence-corrected chi connectivity index (χ1v) is 3.58. The van der Waals surface area contributed by atoms with E-state index >= 15 is 0 Å². The van der Waals surface area contributed by atoms with Gasteiger partial charge in [-0.05, 0) is 12.2 Å². The Balaban J connectivity index is 4.36. The highest BCUT2D eigenvalue weighted by Gasteiger charge is 2.25. The Hall–Kier alpha value is -1.62. The number of quaternary nitrogens is 1. The molecule has 0 radical (unpaired) electrons. The van der Waals surface area contributed by atoms with Crippen LogP contribution in [0.25, 0.3) is 0 Å². The van der Waals surface area contributed by atoms with Gasteiger partial charge >= 0.3 is 11.9 Å². The number of hydrogen-bond donors (Lipinski definition) is 3. The minimum Gasteiger partial charge on any atom is -0.477 e. The second kappa shape index (κ2) is 5.10. The van der Waals surface area contributed by atoms with Crippen LogP contribution in [0.5, 0.6) is 0 Å². The summed E-state index contributed by atoms with van der Waals surface area (Å²) in [4.78, 5) is 20.9. The van der Waals surface area contributed by atoms with Crippen LogP contribution >= 0.6 is 0 Å². The van der Waals surface area contributed by atoms with Crippen LogP contribution in [-0.4, -0.2) is 34.2 Å². The Morgan fingerprint density at radius 3 is 1.54 bits per heavy atom. The molecule has 0 heterocycles. The van der Waals surface area contributed by atoms with E-state index in [9.17, 15) is 9.59 Å². The van der Waals surface area contributed by atoms with Crippen LogP contribution in [0.3, 0.4) is 0 Å². The largest absolute Gasteiger partial charge is 0.477 e. The van der Waals surface area contributed by atoms with Crippen molar-refractivity contribution in [3.05, 3.63) is 25.3 Å². The molecule has 0 rings (SSSR count).